The summed E-state index contributed by atoms with van der Waals surface area (Å²) in [6.07, 6.45) is 1.50. The number of para-hydroxylation sites is 1. The maximum atomic E-state index is 13.2. The summed E-state index contributed by atoms with van der Waals surface area (Å²) in [5.41, 5.74) is 2.12. The first-order valence-corrected chi connectivity index (χ1v) is 9.31. The van der Waals surface area contributed by atoms with Gasteiger partial charge in [-0.3, -0.25) is 4.79 Å². The van der Waals surface area contributed by atoms with Crippen LogP contribution in [0.2, 0.25) is 5.02 Å². The first-order chi connectivity index (χ1) is 13.1. The molecule has 1 fully saturated rings. The van der Waals surface area contributed by atoms with E-state index in [-0.39, 0.29) is 28.5 Å². The topological polar surface area (TPSA) is 71.0 Å². The van der Waals surface area contributed by atoms with E-state index in [0.29, 0.717) is 12.1 Å². The third-order valence-electron chi connectivity index (χ3n) is 5.03. The second-order valence-electron chi connectivity index (χ2n) is 6.74. The number of nitrogens with zero attached hydrogens (tertiary/aromatic N) is 1. The van der Waals surface area contributed by atoms with Crippen molar-refractivity contribution < 1.29 is 19.4 Å². The number of carbonyl (C=O) groups excluding carboxylic acids is 1. The van der Waals surface area contributed by atoms with E-state index >= 15 is 0 Å². The Balaban J connectivity index is 1.76. The molecule has 0 aliphatic carbocycles. The third-order valence-corrected chi connectivity index (χ3v) is 5.32. The van der Waals surface area contributed by atoms with Crippen LogP contribution in [-0.4, -0.2) is 42.3 Å². The molecule has 1 amide bonds. The Morgan fingerprint density at radius 1 is 1.37 bits per heavy atom. The van der Waals surface area contributed by atoms with Crippen molar-refractivity contribution in [1.82, 2.24) is 4.90 Å². The van der Waals surface area contributed by atoms with Gasteiger partial charge in [0.05, 0.1) is 23.8 Å². The van der Waals surface area contributed by atoms with Crippen LogP contribution < -0.4 is 10.1 Å². The number of aromatic hydroxyl groups is 1. The average Bonchev–Trinajstić information content (AvgIpc) is 3.19. The van der Waals surface area contributed by atoms with Crippen molar-refractivity contribution in [2.75, 3.05) is 25.6 Å². The number of methoxy groups -OCH3 is 1. The fourth-order valence-corrected chi connectivity index (χ4v) is 3.88. The van der Waals surface area contributed by atoms with E-state index in [4.69, 9.17) is 21.1 Å². The first-order valence-electron chi connectivity index (χ1n) is 8.93. The fraction of sp³-hybridized carbons (Fsp3) is 0.350. The van der Waals surface area contributed by atoms with Gasteiger partial charge in [-0.05, 0) is 37.1 Å². The highest BCUT2D eigenvalue weighted by Crippen LogP contribution is 2.40. The van der Waals surface area contributed by atoms with Crippen molar-refractivity contribution in [2.24, 2.45) is 0 Å². The minimum atomic E-state index is -0.441. The number of nitrogens with one attached hydrogen (secondary N) is 1. The Kier molecular flexibility index (Phi) is 4.85. The highest BCUT2D eigenvalue weighted by atomic mass is 35.5. The molecule has 0 unspecified atom stereocenters. The monoisotopic (exact) mass is 388 g/mol. The molecule has 2 N–H and O–H groups in total. The molecule has 0 spiro atoms. The molecular weight excluding hydrogens is 368 g/mol. The molecule has 6 nitrogen and oxygen atoms in total. The molecule has 2 heterocycles. The summed E-state index contributed by atoms with van der Waals surface area (Å²) in [7, 11) is 1.47. The van der Waals surface area contributed by atoms with Crippen LogP contribution in [0.25, 0.3) is 0 Å². The van der Waals surface area contributed by atoms with E-state index in [1.807, 2.05) is 24.3 Å². The highest BCUT2D eigenvalue weighted by molar-refractivity contribution is 6.32. The molecule has 0 aromatic heterocycles. The van der Waals surface area contributed by atoms with Gasteiger partial charge in [0.1, 0.15) is 6.17 Å². The second kappa shape index (κ2) is 7.29. The Bertz CT molecular complexity index is 867. The van der Waals surface area contributed by atoms with Gasteiger partial charge in [0.2, 0.25) is 0 Å². The summed E-state index contributed by atoms with van der Waals surface area (Å²) in [6, 6.07) is 10.8. The van der Waals surface area contributed by atoms with E-state index in [9.17, 15) is 9.90 Å². The number of anilines is 1. The number of ether oxygens (including phenoxy) is 2. The van der Waals surface area contributed by atoms with Gasteiger partial charge in [-0.15, -0.1) is 0 Å². The van der Waals surface area contributed by atoms with Crippen LogP contribution in [0, 0.1) is 0 Å². The van der Waals surface area contributed by atoms with Crippen LogP contribution in [0.5, 0.6) is 11.5 Å². The number of benzene rings is 2. The number of phenolic OH excluding ortho intramolecular Hbond substituents is 1. The summed E-state index contributed by atoms with van der Waals surface area (Å²) < 4.78 is 11.0. The second-order valence-corrected chi connectivity index (χ2v) is 7.15. The van der Waals surface area contributed by atoms with E-state index in [2.05, 4.69) is 5.32 Å². The number of hydrogen-bond acceptors (Lipinski definition) is 5. The summed E-state index contributed by atoms with van der Waals surface area (Å²) in [6.45, 7) is 1.20. The zero-order valence-electron chi connectivity index (χ0n) is 14.9. The lowest BCUT2D eigenvalue weighted by Crippen LogP contribution is -2.46. The molecular formula is C20H21ClN2O4. The molecule has 0 radical (unpaired) electrons. The van der Waals surface area contributed by atoms with Gasteiger partial charge in [0.15, 0.2) is 11.5 Å². The highest BCUT2D eigenvalue weighted by Gasteiger charge is 2.35. The predicted molar refractivity (Wildman–Crippen MR) is 102 cm³/mol. The van der Waals surface area contributed by atoms with Crippen molar-refractivity contribution in [3.05, 3.63) is 52.5 Å². The molecule has 0 bridgehead atoms. The Morgan fingerprint density at radius 3 is 2.93 bits per heavy atom. The Hall–Kier alpha value is -2.44. The SMILES string of the molecule is COc1cc([C@@H]2Nc3ccccc3C(=O)N2C[C@H]2CCCO2)cc(Cl)c1O. The number of phenols is 1. The van der Waals surface area contributed by atoms with Crippen molar-refractivity contribution in [1.29, 1.82) is 0 Å². The van der Waals surface area contributed by atoms with Crippen LogP contribution in [0.3, 0.4) is 0 Å². The van der Waals surface area contributed by atoms with Crippen LogP contribution in [0.1, 0.15) is 34.9 Å². The van der Waals surface area contributed by atoms with E-state index in [1.54, 1.807) is 17.0 Å². The summed E-state index contributed by atoms with van der Waals surface area (Å²) in [5, 5.41) is 13.6. The van der Waals surface area contributed by atoms with Crippen molar-refractivity contribution in [3.63, 3.8) is 0 Å². The Labute approximate surface area is 162 Å². The number of halogens is 1. The summed E-state index contributed by atoms with van der Waals surface area (Å²) in [5.74, 6) is 0.0896. The van der Waals surface area contributed by atoms with Crippen LogP contribution in [-0.2, 0) is 4.74 Å². The smallest absolute Gasteiger partial charge is 0.257 e. The minimum absolute atomic E-state index is 0.0120. The van der Waals surface area contributed by atoms with Gasteiger partial charge in [-0.2, -0.15) is 0 Å². The standard InChI is InChI=1S/C20H21ClN2O4/c1-26-17-10-12(9-15(21)18(17)24)19-22-16-7-3-2-6-14(16)20(25)23(19)11-13-5-4-8-27-13/h2-3,6-7,9-10,13,19,22,24H,4-5,8,11H2,1H3/t13-,19-/m1/s1. The minimum Gasteiger partial charge on any atom is -0.503 e. The van der Waals surface area contributed by atoms with Gasteiger partial charge in [0, 0.05) is 24.4 Å². The summed E-state index contributed by atoms with van der Waals surface area (Å²) in [4.78, 5) is 15.0. The number of amides is 1. The third kappa shape index (κ3) is 3.31. The van der Waals surface area contributed by atoms with Crippen molar-refractivity contribution in [3.8, 4) is 11.5 Å². The van der Waals surface area contributed by atoms with Crippen LogP contribution >= 0.6 is 11.6 Å². The molecule has 27 heavy (non-hydrogen) atoms. The Morgan fingerprint density at radius 2 is 2.19 bits per heavy atom. The average molecular weight is 389 g/mol. The zero-order chi connectivity index (χ0) is 19.0. The van der Waals surface area contributed by atoms with E-state index < -0.39 is 6.17 Å². The molecule has 2 aliphatic heterocycles. The number of fused-ring (bicyclic) bond motifs is 1. The molecule has 2 aromatic carbocycles. The lowest BCUT2D eigenvalue weighted by molar-refractivity contribution is 0.0426. The largest absolute Gasteiger partial charge is 0.503 e. The first kappa shape index (κ1) is 17.9. The lowest BCUT2D eigenvalue weighted by atomic mass is 10.0. The van der Waals surface area contributed by atoms with Crippen molar-refractivity contribution in [2.45, 2.75) is 25.1 Å². The molecule has 2 aromatic rings. The fourth-order valence-electron chi connectivity index (χ4n) is 3.66. The number of carbonyl (C=O) groups is 1. The number of hydrogen-bond donors (Lipinski definition) is 2. The molecule has 142 valence electrons. The molecule has 7 heteroatoms. The summed E-state index contributed by atoms with van der Waals surface area (Å²) >= 11 is 6.19. The van der Waals surface area contributed by atoms with Gasteiger partial charge in [-0.1, -0.05) is 23.7 Å². The predicted octanol–water partition coefficient (Wildman–Crippen LogP) is 3.80. The molecule has 1 saturated heterocycles. The number of rotatable bonds is 4. The quantitative estimate of drug-likeness (QED) is 0.833. The van der Waals surface area contributed by atoms with Gasteiger partial charge in [-0.25, -0.2) is 0 Å². The maximum Gasteiger partial charge on any atom is 0.257 e. The van der Waals surface area contributed by atoms with Gasteiger partial charge in [0.25, 0.3) is 5.91 Å². The van der Waals surface area contributed by atoms with Gasteiger partial charge < -0.3 is 24.8 Å². The van der Waals surface area contributed by atoms with Crippen LogP contribution in [0.15, 0.2) is 36.4 Å². The van der Waals surface area contributed by atoms with E-state index in [1.165, 1.54) is 7.11 Å². The maximum absolute atomic E-state index is 13.2. The molecule has 2 aliphatic rings. The van der Waals surface area contributed by atoms with Gasteiger partial charge >= 0.3 is 0 Å². The zero-order valence-corrected chi connectivity index (χ0v) is 15.7. The molecule has 2 atom stereocenters. The van der Waals surface area contributed by atoms with E-state index in [0.717, 1.165) is 30.7 Å². The molecule has 0 saturated carbocycles. The van der Waals surface area contributed by atoms with Crippen molar-refractivity contribution >= 4 is 23.2 Å². The lowest BCUT2D eigenvalue weighted by Gasteiger charge is -2.39. The molecule has 4 rings (SSSR count). The normalized spacial score (nSPS) is 21.7. The van der Waals surface area contributed by atoms with Crippen LogP contribution in [0.4, 0.5) is 5.69 Å².